The molecule has 2 aromatic carbocycles. The maximum atomic E-state index is 13.7. The van der Waals surface area contributed by atoms with Crippen molar-refractivity contribution in [2.75, 3.05) is 11.9 Å². The molecule has 0 fully saturated rings. The highest BCUT2D eigenvalue weighted by atomic mass is 19.1. The van der Waals surface area contributed by atoms with Crippen molar-refractivity contribution in [3.8, 4) is 0 Å². The van der Waals surface area contributed by atoms with Crippen molar-refractivity contribution in [2.45, 2.75) is 6.54 Å². The molecule has 0 atom stereocenters. The zero-order valence-corrected chi connectivity index (χ0v) is 11.4. The summed E-state index contributed by atoms with van der Waals surface area (Å²) < 4.78 is 27.0. The number of benzene rings is 2. The minimum absolute atomic E-state index is 0.188. The number of nitrogens with zero attached hydrogens (tertiary/aromatic N) is 2. The Bertz CT molecular complexity index is 674. The molecule has 21 heavy (non-hydrogen) atoms. The Morgan fingerprint density at radius 2 is 1.95 bits per heavy atom. The van der Waals surface area contributed by atoms with Crippen molar-refractivity contribution in [3.05, 3.63) is 65.2 Å². The van der Waals surface area contributed by atoms with Crippen LogP contribution in [0, 0.1) is 11.6 Å². The van der Waals surface area contributed by atoms with Crippen LogP contribution in [0.5, 0.6) is 0 Å². The SMILES string of the molecule is CN(Cc1ccc(F)cc1C(N)=NO)c1ccccc1F. The maximum Gasteiger partial charge on any atom is 0.170 e. The Balaban J connectivity index is 2.34. The van der Waals surface area contributed by atoms with Crippen LogP contribution in [0.25, 0.3) is 0 Å². The third-order valence-corrected chi connectivity index (χ3v) is 3.13. The topological polar surface area (TPSA) is 61.8 Å². The van der Waals surface area contributed by atoms with E-state index in [1.807, 2.05) is 0 Å². The van der Waals surface area contributed by atoms with Crippen LogP contribution in [-0.4, -0.2) is 18.1 Å². The van der Waals surface area contributed by atoms with Crippen LogP contribution < -0.4 is 10.6 Å². The van der Waals surface area contributed by atoms with E-state index in [1.54, 1.807) is 30.1 Å². The van der Waals surface area contributed by atoms with Crippen molar-refractivity contribution in [1.29, 1.82) is 0 Å². The lowest BCUT2D eigenvalue weighted by atomic mass is 10.1. The van der Waals surface area contributed by atoms with E-state index < -0.39 is 5.82 Å². The minimum atomic E-state index is -0.492. The van der Waals surface area contributed by atoms with E-state index in [0.717, 1.165) is 0 Å². The first kappa shape index (κ1) is 14.8. The van der Waals surface area contributed by atoms with Crippen molar-refractivity contribution < 1.29 is 14.0 Å². The lowest BCUT2D eigenvalue weighted by molar-refractivity contribution is 0.318. The second kappa shape index (κ2) is 6.21. The van der Waals surface area contributed by atoms with Gasteiger partial charge in [0.05, 0.1) is 5.69 Å². The van der Waals surface area contributed by atoms with Gasteiger partial charge in [0.2, 0.25) is 0 Å². The summed E-state index contributed by atoms with van der Waals surface area (Å²) >= 11 is 0. The van der Waals surface area contributed by atoms with Crippen LogP contribution in [0.2, 0.25) is 0 Å². The summed E-state index contributed by atoms with van der Waals surface area (Å²) in [5, 5.41) is 11.7. The third-order valence-electron chi connectivity index (χ3n) is 3.13. The van der Waals surface area contributed by atoms with E-state index >= 15 is 0 Å². The Hall–Kier alpha value is -2.63. The van der Waals surface area contributed by atoms with Crippen LogP contribution in [0.3, 0.4) is 0 Å². The summed E-state index contributed by atoms with van der Waals surface area (Å²) in [7, 11) is 1.71. The molecule has 0 aromatic heterocycles. The Labute approximate surface area is 121 Å². The largest absolute Gasteiger partial charge is 0.409 e. The molecule has 0 saturated carbocycles. The third kappa shape index (κ3) is 3.28. The van der Waals surface area contributed by atoms with Crippen molar-refractivity contribution in [2.24, 2.45) is 10.9 Å². The summed E-state index contributed by atoms with van der Waals surface area (Å²) in [6.45, 7) is 0.284. The molecule has 110 valence electrons. The molecule has 2 aromatic rings. The first-order chi connectivity index (χ1) is 10.0. The van der Waals surface area contributed by atoms with Gasteiger partial charge in [-0.15, -0.1) is 0 Å². The zero-order chi connectivity index (χ0) is 15.4. The normalized spacial score (nSPS) is 11.5. The first-order valence-electron chi connectivity index (χ1n) is 6.25. The molecular formula is C15H15F2N3O. The van der Waals surface area contributed by atoms with Crippen molar-refractivity contribution in [3.63, 3.8) is 0 Å². The first-order valence-corrected chi connectivity index (χ1v) is 6.25. The number of hydrogen-bond donors (Lipinski definition) is 2. The molecule has 0 aliphatic heterocycles. The maximum absolute atomic E-state index is 13.7. The van der Waals surface area contributed by atoms with Gasteiger partial charge in [-0.1, -0.05) is 23.4 Å². The van der Waals surface area contributed by atoms with Gasteiger partial charge in [-0.25, -0.2) is 8.78 Å². The van der Waals surface area contributed by atoms with Crippen LogP contribution in [0.1, 0.15) is 11.1 Å². The van der Waals surface area contributed by atoms with Crippen LogP contribution in [0.4, 0.5) is 14.5 Å². The molecule has 0 unspecified atom stereocenters. The predicted octanol–water partition coefficient (Wildman–Crippen LogP) is 2.70. The summed E-state index contributed by atoms with van der Waals surface area (Å²) in [6.07, 6.45) is 0. The number of para-hydroxylation sites is 1. The van der Waals surface area contributed by atoms with Gasteiger partial charge in [0.1, 0.15) is 11.6 Å². The molecule has 0 amide bonds. The Kier molecular flexibility index (Phi) is 4.37. The monoisotopic (exact) mass is 291 g/mol. The number of rotatable bonds is 4. The molecule has 2 rings (SSSR count). The van der Waals surface area contributed by atoms with Gasteiger partial charge >= 0.3 is 0 Å². The second-order valence-corrected chi connectivity index (χ2v) is 4.59. The number of nitrogens with two attached hydrogens (primary N) is 1. The minimum Gasteiger partial charge on any atom is -0.409 e. The molecule has 4 nitrogen and oxygen atoms in total. The molecule has 0 aliphatic rings. The second-order valence-electron chi connectivity index (χ2n) is 4.59. The summed E-state index contributed by atoms with van der Waals surface area (Å²) in [6, 6.07) is 10.3. The fourth-order valence-corrected chi connectivity index (χ4v) is 2.08. The smallest absolute Gasteiger partial charge is 0.170 e. The van der Waals surface area contributed by atoms with Crippen LogP contribution in [-0.2, 0) is 6.54 Å². The molecule has 0 saturated heterocycles. The number of halogens is 2. The number of amidine groups is 1. The molecule has 0 spiro atoms. The summed E-state index contributed by atoms with van der Waals surface area (Å²) in [5.41, 5.74) is 6.86. The molecular weight excluding hydrogens is 276 g/mol. The number of hydrogen-bond acceptors (Lipinski definition) is 3. The average molecular weight is 291 g/mol. The van der Waals surface area contributed by atoms with E-state index in [1.165, 1.54) is 24.3 Å². The number of oxime groups is 1. The predicted molar refractivity (Wildman–Crippen MR) is 77.4 cm³/mol. The van der Waals surface area contributed by atoms with Gasteiger partial charge in [0, 0.05) is 19.2 Å². The molecule has 3 N–H and O–H groups in total. The van der Waals surface area contributed by atoms with Crippen LogP contribution in [0.15, 0.2) is 47.6 Å². The van der Waals surface area contributed by atoms with Crippen molar-refractivity contribution >= 4 is 11.5 Å². The Morgan fingerprint density at radius 3 is 2.62 bits per heavy atom. The highest BCUT2D eigenvalue weighted by Gasteiger charge is 2.13. The summed E-state index contributed by atoms with van der Waals surface area (Å²) in [4.78, 5) is 1.66. The van der Waals surface area contributed by atoms with E-state index in [9.17, 15) is 8.78 Å². The standard InChI is InChI=1S/C15H15F2N3O/c1-20(14-5-3-2-4-13(14)17)9-10-6-7-11(16)8-12(10)15(18)19-21/h2-8,21H,9H2,1H3,(H2,18,19). The van der Waals surface area contributed by atoms with E-state index in [2.05, 4.69) is 5.16 Å². The molecule has 0 aliphatic carbocycles. The quantitative estimate of drug-likeness (QED) is 0.394. The molecule has 0 radical (unpaired) electrons. The highest BCUT2D eigenvalue weighted by Crippen LogP contribution is 2.21. The van der Waals surface area contributed by atoms with Crippen LogP contribution >= 0.6 is 0 Å². The van der Waals surface area contributed by atoms with E-state index in [0.29, 0.717) is 11.3 Å². The number of anilines is 1. The fraction of sp³-hybridized carbons (Fsp3) is 0.133. The van der Waals surface area contributed by atoms with Gasteiger partial charge in [0.25, 0.3) is 0 Å². The van der Waals surface area contributed by atoms with Gasteiger partial charge < -0.3 is 15.8 Å². The molecule has 0 heterocycles. The van der Waals surface area contributed by atoms with Gasteiger partial charge in [-0.3, -0.25) is 0 Å². The fourth-order valence-electron chi connectivity index (χ4n) is 2.08. The molecule has 6 heteroatoms. The molecule has 0 bridgehead atoms. The van der Waals surface area contributed by atoms with Gasteiger partial charge in [-0.2, -0.15) is 0 Å². The van der Waals surface area contributed by atoms with Crippen molar-refractivity contribution in [1.82, 2.24) is 0 Å². The summed E-state index contributed by atoms with van der Waals surface area (Å²) in [5.74, 6) is -1.03. The van der Waals surface area contributed by atoms with E-state index in [4.69, 9.17) is 10.9 Å². The van der Waals surface area contributed by atoms with Gasteiger partial charge in [-0.05, 0) is 29.8 Å². The lowest BCUT2D eigenvalue weighted by Crippen LogP contribution is -2.22. The lowest BCUT2D eigenvalue weighted by Gasteiger charge is -2.21. The van der Waals surface area contributed by atoms with Gasteiger partial charge in [0.15, 0.2) is 5.84 Å². The average Bonchev–Trinajstić information content (AvgIpc) is 2.48. The van der Waals surface area contributed by atoms with E-state index in [-0.39, 0.29) is 23.8 Å². The highest BCUT2D eigenvalue weighted by molar-refractivity contribution is 5.98. The Morgan fingerprint density at radius 1 is 1.24 bits per heavy atom. The zero-order valence-electron chi connectivity index (χ0n) is 11.4.